The van der Waals surface area contributed by atoms with Crippen molar-refractivity contribution in [2.45, 2.75) is 37.7 Å². The van der Waals surface area contributed by atoms with Gasteiger partial charge >= 0.3 is 5.97 Å². The third-order valence-electron chi connectivity index (χ3n) is 3.84. The number of carbonyl (C=O) groups is 2. The average molecular weight is 281 g/mol. The van der Waals surface area contributed by atoms with Crippen molar-refractivity contribution < 1.29 is 23.8 Å². The highest BCUT2D eigenvalue weighted by Gasteiger charge is 2.32. The van der Waals surface area contributed by atoms with Gasteiger partial charge in [0.15, 0.2) is 5.76 Å². The van der Waals surface area contributed by atoms with Crippen LogP contribution in [-0.4, -0.2) is 36.2 Å². The number of nitrogens with one attached hydrogen (secondary N) is 1. The second-order valence-electron chi connectivity index (χ2n) is 5.14. The van der Waals surface area contributed by atoms with Crippen LogP contribution in [0.3, 0.4) is 0 Å². The normalized spacial score (nSPS) is 17.6. The lowest BCUT2D eigenvalue weighted by Crippen LogP contribution is -2.45. The molecule has 0 aromatic carbocycles. The topological polar surface area (TPSA) is 88.8 Å². The summed E-state index contributed by atoms with van der Waals surface area (Å²) in [5.41, 5.74) is -0.342. The van der Waals surface area contributed by atoms with E-state index in [0.29, 0.717) is 6.54 Å². The molecular formula is C14H19NO5. The lowest BCUT2D eigenvalue weighted by molar-refractivity contribution is -0.0365. The first kappa shape index (κ1) is 14.6. The third-order valence-corrected chi connectivity index (χ3v) is 3.84. The minimum absolute atomic E-state index is 0.00413. The van der Waals surface area contributed by atoms with Crippen LogP contribution in [0.25, 0.3) is 0 Å². The van der Waals surface area contributed by atoms with Gasteiger partial charge < -0.3 is 19.6 Å². The van der Waals surface area contributed by atoms with Crippen molar-refractivity contribution in [2.24, 2.45) is 0 Å². The van der Waals surface area contributed by atoms with Crippen LogP contribution in [0, 0.1) is 0 Å². The predicted molar refractivity (Wildman–Crippen MR) is 70.8 cm³/mol. The zero-order valence-corrected chi connectivity index (χ0v) is 11.5. The molecule has 2 rings (SSSR count). The Bertz CT molecular complexity index is 488. The standard InChI is InChI=1S/C14H19NO5/c1-19-14(5-3-2-4-6-14)9-15-12(16)11-7-10(8-20-11)13(17)18/h7-8H,2-6,9H2,1H3,(H,15,16)(H,17,18). The van der Waals surface area contributed by atoms with Gasteiger partial charge in [-0.1, -0.05) is 19.3 Å². The Morgan fingerprint density at radius 3 is 2.65 bits per heavy atom. The summed E-state index contributed by atoms with van der Waals surface area (Å²) in [5.74, 6) is -1.53. The number of amides is 1. The molecule has 1 saturated carbocycles. The molecule has 6 heteroatoms. The highest BCUT2D eigenvalue weighted by molar-refractivity contribution is 5.95. The smallest absolute Gasteiger partial charge is 0.338 e. The number of aromatic carboxylic acids is 1. The van der Waals surface area contributed by atoms with Crippen molar-refractivity contribution in [3.05, 3.63) is 23.7 Å². The van der Waals surface area contributed by atoms with Crippen molar-refractivity contribution in [3.63, 3.8) is 0 Å². The van der Waals surface area contributed by atoms with E-state index in [2.05, 4.69) is 5.32 Å². The molecule has 110 valence electrons. The monoisotopic (exact) mass is 281 g/mol. The lowest BCUT2D eigenvalue weighted by Gasteiger charge is -2.35. The second-order valence-corrected chi connectivity index (χ2v) is 5.14. The molecule has 20 heavy (non-hydrogen) atoms. The first-order chi connectivity index (χ1) is 9.56. The van der Waals surface area contributed by atoms with Crippen LogP contribution in [0.2, 0.25) is 0 Å². The quantitative estimate of drug-likeness (QED) is 0.862. The molecule has 1 aromatic heterocycles. The molecule has 1 aliphatic rings. The molecule has 0 aliphatic heterocycles. The molecule has 1 heterocycles. The molecule has 1 aliphatic carbocycles. The molecular weight excluding hydrogens is 262 g/mol. The van der Waals surface area contributed by atoms with Crippen LogP contribution in [0.4, 0.5) is 0 Å². The summed E-state index contributed by atoms with van der Waals surface area (Å²) in [6.45, 7) is 0.408. The number of carboxylic acid groups (broad SMARTS) is 1. The third kappa shape index (κ3) is 3.19. The van der Waals surface area contributed by atoms with E-state index in [9.17, 15) is 9.59 Å². The van der Waals surface area contributed by atoms with Crippen LogP contribution >= 0.6 is 0 Å². The van der Waals surface area contributed by atoms with Gasteiger partial charge in [0.2, 0.25) is 0 Å². The summed E-state index contributed by atoms with van der Waals surface area (Å²) < 4.78 is 10.5. The van der Waals surface area contributed by atoms with Crippen LogP contribution in [0.1, 0.15) is 53.0 Å². The van der Waals surface area contributed by atoms with Crippen LogP contribution in [-0.2, 0) is 4.74 Å². The van der Waals surface area contributed by atoms with Gasteiger partial charge in [0.05, 0.1) is 11.2 Å². The van der Waals surface area contributed by atoms with Gasteiger partial charge in [-0.15, -0.1) is 0 Å². The second kappa shape index (κ2) is 6.09. The van der Waals surface area contributed by atoms with Crippen LogP contribution in [0.5, 0.6) is 0 Å². The van der Waals surface area contributed by atoms with Gasteiger partial charge in [-0.05, 0) is 12.8 Å². The van der Waals surface area contributed by atoms with Gasteiger partial charge in [-0.25, -0.2) is 4.79 Å². The first-order valence-corrected chi connectivity index (χ1v) is 6.71. The molecule has 0 spiro atoms. The molecule has 1 aromatic rings. The molecule has 0 saturated heterocycles. The molecule has 2 N–H and O–H groups in total. The Hall–Kier alpha value is -1.82. The fraction of sp³-hybridized carbons (Fsp3) is 0.571. The minimum Gasteiger partial charge on any atom is -0.478 e. The first-order valence-electron chi connectivity index (χ1n) is 6.71. The van der Waals surface area contributed by atoms with E-state index in [1.165, 1.54) is 12.5 Å². The van der Waals surface area contributed by atoms with Gasteiger partial charge in [-0.2, -0.15) is 0 Å². The van der Waals surface area contributed by atoms with E-state index >= 15 is 0 Å². The highest BCUT2D eigenvalue weighted by Crippen LogP contribution is 2.30. The summed E-state index contributed by atoms with van der Waals surface area (Å²) in [7, 11) is 1.66. The number of furan rings is 1. The molecule has 0 unspecified atom stereocenters. The largest absolute Gasteiger partial charge is 0.478 e. The molecule has 6 nitrogen and oxygen atoms in total. The van der Waals surface area contributed by atoms with Crippen molar-refractivity contribution in [3.8, 4) is 0 Å². The lowest BCUT2D eigenvalue weighted by atomic mass is 9.84. The molecule has 1 amide bonds. The molecule has 0 bridgehead atoms. The summed E-state index contributed by atoms with van der Waals surface area (Å²) in [6, 6.07) is 1.22. The maximum Gasteiger partial charge on any atom is 0.338 e. The van der Waals surface area contributed by atoms with Crippen LogP contribution in [0.15, 0.2) is 16.7 Å². The number of ether oxygens (including phenoxy) is 1. The van der Waals surface area contributed by atoms with E-state index in [0.717, 1.165) is 31.9 Å². The molecule has 1 fully saturated rings. The Balaban J connectivity index is 1.95. The number of carboxylic acids is 1. The van der Waals surface area contributed by atoms with Gasteiger partial charge in [-0.3, -0.25) is 4.79 Å². The fourth-order valence-electron chi connectivity index (χ4n) is 2.55. The number of hydrogen-bond donors (Lipinski definition) is 2. The average Bonchev–Trinajstić information content (AvgIpc) is 2.96. The van der Waals surface area contributed by atoms with Crippen molar-refractivity contribution >= 4 is 11.9 Å². The SMILES string of the molecule is COC1(CNC(=O)c2cc(C(=O)O)co2)CCCCC1. The predicted octanol–water partition coefficient (Wildman–Crippen LogP) is 2.06. The Kier molecular flexibility index (Phi) is 4.44. The summed E-state index contributed by atoms with van der Waals surface area (Å²) >= 11 is 0. The summed E-state index contributed by atoms with van der Waals surface area (Å²) in [5, 5.41) is 11.5. The fourth-order valence-corrected chi connectivity index (χ4v) is 2.55. The zero-order valence-electron chi connectivity index (χ0n) is 11.5. The maximum absolute atomic E-state index is 11.9. The number of methoxy groups -OCH3 is 1. The zero-order chi connectivity index (χ0) is 14.6. The van der Waals surface area contributed by atoms with E-state index < -0.39 is 11.9 Å². The Morgan fingerprint density at radius 2 is 2.10 bits per heavy atom. The van der Waals surface area contributed by atoms with Gasteiger partial charge in [0.1, 0.15) is 6.26 Å². The summed E-state index contributed by atoms with van der Waals surface area (Å²) in [6.07, 6.45) is 6.27. The number of carbonyl (C=O) groups excluding carboxylic acids is 1. The summed E-state index contributed by atoms with van der Waals surface area (Å²) in [4.78, 5) is 22.7. The maximum atomic E-state index is 11.9. The Morgan fingerprint density at radius 1 is 1.40 bits per heavy atom. The van der Waals surface area contributed by atoms with Crippen LogP contribution < -0.4 is 5.32 Å². The molecule has 0 radical (unpaired) electrons. The number of hydrogen-bond acceptors (Lipinski definition) is 4. The van der Waals surface area contributed by atoms with E-state index in [-0.39, 0.29) is 16.9 Å². The number of rotatable bonds is 5. The minimum atomic E-state index is -1.12. The van der Waals surface area contributed by atoms with Crippen molar-refractivity contribution in [1.29, 1.82) is 0 Å². The van der Waals surface area contributed by atoms with E-state index in [1.54, 1.807) is 7.11 Å². The highest BCUT2D eigenvalue weighted by atomic mass is 16.5. The van der Waals surface area contributed by atoms with E-state index in [1.807, 2.05) is 0 Å². The Labute approximate surface area is 117 Å². The molecule has 0 atom stereocenters. The van der Waals surface area contributed by atoms with Crippen molar-refractivity contribution in [2.75, 3.05) is 13.7 Å². The van der Waals surface area contributed by atoms with Gasteiger partial charge in [0.25, 0.3) is 5.91 Å². The van der Waals surface area contributed by atoms with E-state index in [4.69, 9.17) is 14.3 Å². The van der Waals surface area contributed by atoms with Crippen molar-refractivity contribution in [1.82, 2.24) is 5.32 Å². The van der Waals surface area contributed by atoms with Gasteiger partial charge in [0, 0.05) is 19.7 Å².